The summed E-state index contributed by atoms with van der Waals surface area (Å²) in [5.41, 5.74) is 7.89. The van der Waals surface area contributed by atoms with Gasteiger partial charge in [0.15, 0.2) is 0 Å². The molecular weight excluding hydrogens is 174 g/mol. The molecular formula is C11H13N3. The average molecular weight is 187 g/mol. The fourth-order valence-corrected chi connectivity index (χ4v) is 1.41. The Morgan fingerprint density at radius 3 is 2.57 bits per heavy atom. The summed E-state index contributed by atoms with van der Waals surface area (Å²) in [7, 11) is 0. The van der Waals surface area contributed by atoms with Crippen LogP contribution in [0.3, 0.4) is 0 Å². The van der Waals surface area contributed by atoms with Gasteiger partial charge in [0, 0.05) is 11.8 Å². The predicted molar refractivity (Wildman–Crippen MR) is 57.4 cm³/mol. The minimum atomic E-state index is 0.622. The van der Waals surface area contributed by atoms with Gasteiger partial charge < -0.3 is 5.73 Å². The van der Waals surface area contributed by atoms with Gasteiger partial charge in [-0.1, -0.05) is 25.1 Å². The lowest BCUT2D eigenvalue weighted by molar-refractivity contribution is 0.884. The molecule has 0 amide bonds. The first-order valence-corrected chi connectivity index (χ1v) is 4.70. The van der Waals surface area contributed by atoms with Crippen LogP contribution in [0.15, 0.2) is 36.5 Å². The van der Waals surface area contributed by atoms with Crippen LogP contribution in [0, 0.1) is 0 Å². The Morgan fingerprint density at radius 2 is 2.00 bits per heavy atom. The minimum absolute atomic E-state index is 0.622. The second kappa shape index (κ2) is 3.54. The predicted octanol–water partition coefficient (Wildman–Crippen LogP) is 2.02. The maximum atomic E-state index is 5.76. The molecule has 0 saturated heterocycles. The van der Waals surface area contributed by atoms with Crippen LogP contribution in [-0.4, -0.2) is 9.78 Å². The molecule has 14 heavy (non-hydrogen) atoms. The smallest absolute Gasteiger partial charge is 0.149 e. The number of hydrogen-bond donors (Lipinski definition) is 1. The lowest BCUT2D eigenvalue weighted by Crippen LogP contribution is -1.95. The number of hydrogen-bond acceptors (Lipinski definition) is 2. The van der Waals surface area contributed by atoms with E-state index in [2.05, 4.69) is 12.0 Å². The lowest BCUT2D eigenvalue weighted by atomic mass is 10.2. The zero-order valence-corrected chi connectivity index (χ0v) is 8.14. The molecule has 0 unspecified atom stereocenters. The standard InChI is InChI=1S/C11H13N3/c1-2-9-8-14(13-11(9)12)10-6-4-3-5-7-10/h3-8H,2H2,1H3,(H2,12,13). The van der Waals surface area contributed by atoms with Crippen LogP contribution in [-0.2, 0) is 6.42 Å². The van der Waals surface area contributed by atoms with Gasteiger partial charge in [-0.05, 0) is 18.6 Å². The van der Waals surface area contributed by atoms with Crippen molar-refractivity contribution in [2.75, 3.05) is 5.73 Å². The molecule has 0 spiro atoms. The summed E-state index contributed by atoms with van der Waals surface area (Å²) in [6.07, 6.45) is 2.89. The Balaban J connectivity index is 2.43. The van der Waals surface area contributed by atoms with Crippen molar-refractivity contribution in [1.29, 1.82) is 0 Å². The van der Waals surface area contributed by atoms with E-state index < -0.39 is 0 Å². The largest absolute Gasteiger partial charge is 0.382 e. The maximum absolute atomic E-state index is 5.76. The minimum Gasteiger partial charge on any atom is -0.382 e. The van der Waals surface area contributed by atoms with Gasteiger partial charge in [-0.3, -0.25) is 0 Å². The molecule has 2 rings (SSSR count). The van der Waals surface area contributed by atoms with E-state index in [1.165, 1.54) is 0 Å². The van der Waals surface area contributed by atoms with Gasteiger partial charge in [0.1, 0.15) is 5.82 Å². The van der Waals surface area contributed by atoms with E-state index in [1.807, 2.05) is 41.2 Å². The highest BCUT2D eigenvalue weighted by Crippen LogP contribution is 2.13. The number of aryl methyl sites for hydroxylation is 1. The first-order valence-electron chi connectivity index (χ1n) is 4.70. The third kappa shape index (κ3) is 1.48. The normalized spacial score (nSPS) is 10.4. The summed E-state index contributed by atoms with van der Waals surface area (Å²) < 4.78 is 1.81. The molecule has 0 aliphatic heterocycles. The Morgan fingerprint density at radius 1 is 1.29 bits per heavy atom. The van der Waals surface area contributed by atoms with Crippen LogP contribution >= 0.6 is 0 Å². The highest BCUT2D eigenvalue weighted by atomic mass is 15.3. The Hall–Kier alpha value is -1.77. The SMILES string of the molecule is CCc1cn(-c2ccccc2)nc1N. The van der Waals surface area contributed by atoms with Crippen LogP contribution in [0.4, 0.5) is 5.82 Å². The number of aromatic nitrogens is 2. The van der Waals surface area contributed by atoms with Gasteiger partial charge in [-0.2, -0.15) is 5.10 Å². The number of nitrogen functional groups attached to an aromatic ring is 1. The summed E-state index contributed by atoms with van der Waals surface area (Å²) in [6, 6.07) is 9.96. The van der Waals surface area contributed by atoms with Crippen LogP contribution in [0.1, 0.15) is 12.5 Å². The molecule has 3 nitrogen and oxygen atoms in total. The third-order valence-corrected chi connectivity index (χ3v) is 2.22. The molecule has 1 aromatic carbocycles. The van der Waals surface area contributed by atoms with Gasteiger partial charge in [0.05, 0.1) is 5.69 Å². The molecule has 1 aromatic heterocycles. The van der Waals surface area contributed by atoms with Crippen molar-refractivity contribution < 1.29 is 0 Å². The molecule has 0 radical (unpaired) electrons. The summed E-state index contributed by atoms with van der Waals surface area (Å²) in [5.74, 6) is 0.622. The van der Waals surface area contributed by atoms with E-state index in [1.54, 1.807) is 0 Å². The number of nitrogens with two attached hydrogens (primary N) is 1. The number of nitrogens with zero attached hydrogens (tertiary/aromatic N) is 2. The van der Waals surface area contributed by atoms with Crippen LogP contribution in [0.25, 0.3) is 5.69 Å². The fourth-order valence-electron chi connectivity index (χ4n) is 1.41. The van der Waals surface area contributed by atoms with Gasteiger partial charge in [-0.15, -0.1) is 0 Å². The fraction of sp³-hybridized carbons (Fsp3) is 0.182. The second-order valence-corrected chi connectivity index (χ2v) is 3.17. The van der Waals surface area contributed by atoms with Gasteiger partial charge >= 0.3 is 0 Å². The Kier molecular flexibility index (Phi) is 2.23. The van der Waals surface area contributed by atoms with E-state index in [4.69, 9.17) is 5.73 Å². The molecule has 0 fully saturated rings. The molecule has 72 valence electrons. The van der Waals surface area contributed by atoms with Crippen molar-refractivity contribution in [2.24, 2.45) is 0 Å². The average Bonchev–Trinajstić information content (AvgIpc) is 2.61. The molecule has 0 bridgehead atoms. The van der Waals surface area contributed by atoms with Crippen LogP contribution in [0.2, 0.25) is 0 Å². The van der Waals surface area contributed by atoms with Crippen molar-refractivity contribution in [3.05, 3.63) is 42.1 Å². The van der Waals surface area contributed by atoms with E-state index in [0.717, 1.165) is 17.7 Å². The molecule has 0 atom stereocenters. The zero-order chi connectivity index (χ0) is 9.97. The van der Waals surface area contributed by atoms with Crippen molar-refractivity contribution in [3.63, 3.8) is 0 Å². The molecule has 0 aliphatic carbocycles. The molecule has 1 heterocycles. The molecule has 2 N–H and O–H groups in total. The Labute approximate surface area is 83.2 Å². The first-order chi connectivity index (χ1) is 6.81. The summed E-state index contributed by atoms with van der Waals surface area (Å²) >= 11 is 0. The number of anilines is 1. The number of rotatable bonds is 2. The van der Waals surface area contributed by atoms with Crippen LogP contribution in [0.5, 0.6) is 0 Å². The zero-order valence-electron chi connectivity index (χ0n) is 8.14. The maximum Gasteiger partial charge on any atom is 0.149 e. The lowest BCUT2D eigenvalue weighted by Gasteiger charge is -1.98. The molecule has 2 aromatic rings. The van der Waals surface area contributed by atoms with E-state index in [-0.39, 0.29) is 0 Å². The Bertz CT molecular complexity index is 417. The summed E-state index contributed by atoms with van der Waals surface area (Å²) in [4.78, 5) is 0. The summed E-state index contributed by atoms with van der Waals surface area (Å²) in [6.45, 7) is 2.07. The third-order valence-electron chi connectivity index (χ3n) is 2.22. The topological polar surface area (TPSA) is 43.8 Å². The number of para-hydroxylation sites is 1. The highest BCUT2D eigenvalue weighted by Gasteiger charge is 2.03. The molecule has 0 saturated carbocycles. The van der Waals surface area contributed by atoms with Gasteiger partial charge in [0.2, 0.25) is 0 Å². The van der Waals surface area contributed by atoms with Crippen LogP contribution < -0.4 is 5.73 Å². The first kappa shape index (κ1) is 8.81. The second-order valence-electron chi connectivity index (χ2n) is 3.17. The van der Waals surface area contributed by atoms with Gasteiger partial charge in [-0.25, -0.2) is 4.68 Å². The van der Waals surface area contributed by atoms with Crippen molar-refractivity contribution in [1.82, 2.24) is 9.78 Å². The van der Waals surface area contributed by atoms with E-state index >= 15 is 0 Å². The quantitative estimate of drug-likeness (QED) is 0.781. The monoisotopic (exact) mass is 187 g/mol. The van der Waals surface area contributed by atoms with E-state index in [9.17, 15) is 0 Å². The molecule has 3 heteroatoms. The van der Waals surface area contributed by atoms with Crippen molar-refractivity contribution in [3.8, 4) is 5.69 Å². The number of benzene rings is 1. The van der Waals surface area contributed by atoms with Gasteiger partial charge in [0.25, 0.3) is 0 Å². The van der Waals surface area contributed by atoms with Crippen molar-refractivity contribution >= 4 is 5.82 Å². The molecule has 0 aliphatic rings. The van der Waals surface area contributed by atoms with E-state index in [0.29, 0.717) is 5.82 Å². The highest BCUT2D eigenvalue weighted by molar-refractivity contribution is 5.41. The van der Waals surface area contributed by atoms with Crippen molar-refractivity contribution in [2.45, 2.75) is 13.3 Å². The summed E-state index contributed by atoms with van der Waals surface area (Å²) in [5, 5.41) is 4.25.